The number of aromatic nitrogens is 4. The number of aryl methyl sites for hydroxylation is 2. The number of nitrogens with one attached hydrogen (secondary N) is 2. The zero-order valence-electron chi connectivity index (χ0n) is 13.3. The van der Waals surface area contributed by atoms with E-state index in [-0.39, 0.29) is 0 Å². The first-order valence-electron chi connectivity index (χ1n) is 7.58. The zero-order chi connectivity index (χ0) is 15.5. The molecule has 22 heavy (non-hydrogen) atoms. The van der Waals surface area contributed by atoms with Gasteiger partial charge in [0.2, 0.25) is 5.95 Å². The highest BCUT2D eigenvalue weighted by Crippen LogP contribution is 2.22. The van der Waals surface area contributed by atoms with E-state index in [0.717, 1.165) is 48.9 Å². The van der Waals surface area contributed by atoms with Crippen molar-refractivity contribution >= 4 is 17.5 Å². The van der Waals surface area contributed by atoms with Gasteiger partial charge in [0.15, 0.2) is 0 Å². The van der Waals surface area contributed by atoms with Crippen molar-refractivity contribution in [2.45, 2.75) is 32.7 Å². The number of rotatable bonds is 4. The van der Waals surface area contributed by atoms with E-state index in [2.05, 4.69) is 25.7 Å². The minimum atomic E-state index is 0.318. The number of hydrogen-bond acceptors (Lipinski definition) is 6. The smallest absolute Gasteiger partial charge is 0.229 e. The molecule has 2 aromatic heterocycles. The van der Waals surface area contributed by atoms with Gasteiger partial charge in [0.05, 0.1) is 29.7 Å². The van der Waals surface area contributed by atoms with Crippen LogP contribution in [-0.4, -0.2) is 39.0 Å². The first-order valence-corrected chi connectivity index (χ1v) is 7.58. The Hall–Kier alpha value is -2.15. The molecule has 0 aromatic carbocycles. The summed E-state index contributed by atoms with van der Waals surface area (Å²) in [5, 5.41) is 11.1. The van der Waals surface area contributed by atoms with Gasteiger partial charge in [0, 0.05) is 19.9 Å². The first kappa shape index (κ1) is 14.8. The highest BCUT2D eigenvalue weighted by atomic mass is 16.5. The molecular weight excluding hydrogens is 280 g/mol. The van der Waals surface area contributed by atoms with Gasteiger partial charge in [-0.15, -0.1) is 0 Å². The molecule has 0 bridgehead atoms. The second-order valence-electron chi connectivity index (χ2n) is 5.62. The molecule has 0 saturated carbocycles. The van der Waals surface area contributed by atoms with Crippen molar-refractivity contribution in [1.82, 2.24) is 19.7 Å². The lowest BCUT2D eigenvalue weighted by Crippen LogP contribution is -2.30. The monoisotopic (exact) mass is 302 g/mol. The minimum absolute atomic E-state index is 0.318. The Balaban J connectivity index is 1.73. The summed E-state index contributed by atoms with van der Waals surface area (Å²) in [6, 6.07) is 2.20. The van der Waals surface area contributed by atoms with Crippen LogP contribution >= 0.6 is 0 Å². The van der Waals surface area contributed by atoms with E-state index in [4.69, 9.17) is 4.74 Å². The molecular formula is C15H22N6O. The molecule has 1 atom stereocenters. The summed E-state index contributed by atoms with van der Waals surface area (Å²) in [5.41, 5.74) is 2.95. The molecule has 0 amide bonds. The SMILES string of the molecule is Cc1nn(C)c(C)c1Nc1nccc(N[C@H]2CCCOC2)n1. The standard InChI is InChI=1S/C15H22N6O/c1-10-14(11(2)21(3)20-10)19-15-16-7-6-13(18-15)17-12-5-4-8-22-9-12/h6-7,12H,4-5,8-9H2,1-3H3,(H2,16,17,18,19)/t12-/m0/s1. The van der Waals surface area contributed by atoms with Gasteiger partial charge in [-0.1, -0.05) is 0 Å². The second-order valence-corrected chi connectivity index (χ2v) is 5.62. The molecule has 118 valence electrons. The van der Waals surface area contributed by atoms with Crippen LogP contribution in [0.25, 0.3) is 0 Å². The molecule has 3 heterocycles. The van der Waals surface area contributed by atoms with E-state index in [0.29, 0.717) is 12.0 Å². The van der Waals surface area contributed by atoms with Gasteiger partial charge in [-0.3, -0.25) is 4.68 Å². The van der Waals surface area contributed by atoms with Crippen molar-refractivity contribution in [3.05, 3.63) is 23.7 Å². The Morgan fingerprint density at radius 2 is 2.23 bits per heavy atom. The molecule has 3 rings (SSSR count). The van der Waals surface area contributed by atoms with Crippen LogP contribution in [0.3, 0.4) is 0 Å². The lowest BCUT2D eigenvalue weighted by Gasteiger charge is -2.23. The molecule has 7 nitrogen and oxygen atoms in total. The van der Waals surface area contributed by atoms with E-state index >= 15 is 0 Å². The summed E-state index contributed by atoms with van der Waals surface area (Å²) < 4.78 is 7.33. The van der Waals surface area contributed by atoms with Gasteiger partial charge < -0.3 is 15.4 Å². The van der Waals surface area contributed by atoms with E-state index in [1.807, 2.05) is 31.6 Å². The molecule has 0 spiro atoms. The van der Waals surface area contributed by atoms with Gasteiger partial charge in [0.25, 0.3) is 0 Å². The maximum Gasteiger partial charge on any atom is 0.229 e. The number of ether oxygens (including phenoxy) is 1. The first-order chi connectivity index (χ1) is 10.6. The normalized spacial score (nSPS) is 18.2. The van der Waals surface area contributed by atoms with Gasteiger partial charge in [-0.25, -0.2) is 4.98 Å². The Labute approximate surface area is 130 Å². The van der Waals surface area contributed by atoms with Crippen molar-refractivity contribution in [1.29, 1.82) is 0 Å². The van der Waals surface area contributed by atoms with E-state index < -0.39 is 0 Å². The lowest BCUT2D eigenvalue weighted by atomic mass is 10.1. The molecule has 1 aliphatic heterocycles. The van der Waals surface area contributed by atoms with Crippen molar-refractivity contribution in [2.75, 3.05) is 23.8 Å². The molecule has 7 heteroatoms. The molecule has 2 aromatic rings. The third kappa shape index (κ3) is 3.19. The zero-order valence-corrected chi connectivity index (χ0v) is 13.3. The minimum Gasteiger partial charge on any atom is -0.379 e. The lowest BCUT2D eigenvalue weighted by molar-refractivity contribution is 0.0875. The molecule has 0 radical (unpaired) electrons. The summed E-state index contributed by atoms with van der Waals surface area (Å²) in [7, 11) is 1.93. The van der Waals surface area contributed by atoms with Gasteiger partial charge in [-0.05, 0) is 32.8 Å². The average molecular weight is 302 g/mol. The van der Waals surface area contributed by atoms with Crippen LogP contribution in [0.4, 0.5) is 17.5 Å². The molecule has 2 N–H and O–H groups in total. The number of nitrogens with zero attached hydrogens (tertiary/aromatic N) is 4. The largest absolute Gasteiger partial charge is 0.379 e. The predicted octanol–water partition coefficient (Wildman–Crippen LogP) is 2.16. The highest BCUT2D eigenvalue weighted by Gasteiger charge is 2.15. The molecule has 1 saturated heterocycles. The fraction of sp³-hybridized carbons (Fsp3) is 0.533. The van der Waals surface area contributed by atoms with Crippen LogP contribution in [0.1, 0.15) is 24.2 Å². The van der Waals surface area contributed by atoms with E-state index in [9.17, 15) is 0 Å². The van der Waals surface area contributed by atoms with E-state index in [1.54, 1.807) is 6.20 Å². The van der Waals surface area contributed by atoms with Gasteiger partial charge >= 0.3 is 0 Å². The fourth-order valence-electron chi connectivity index (χ4n) is 2.63. The van der Waals surface area contributed by atoms with Crippen molar-refractivity contribution in [2.24, 2.45) is 7.05 Å². The third-order valence-electron chi connectivity index (χ3n) is 3.91. The molecule has 1 aliphatic rings. The molecule has 0 unspecified atom stereocenters. The topological polar surface area (TPSA) is 76.9 Å². The van der Waals surface area contributed by atoms with Crippen LogP contribution in [0.15, 0.2) is 12.3 Å². The summed E-state index contributed by atoms with van der Waals surface area (Å²) in [4.78, 5) is 8.82. The number of anilines is 3. The Kier molecular flexibility index (Phi) is 4.24. The predicted molar refractivity (Wildman–Crippen MR) is 85.5 cm³/mol. The maximum atomic E-state index is 5.48. The Bertz CT molecular complexity index is 647. The van der Waals surface area contributed by atoms with Crippen LogP contribution in [0.5, 0.6) is 0 Å². The van der Waals surface area contributed by atoms with Crippen LogP contribution in [0, 0.1) is 13.8 Å². The quantitative estimate of drug-likeness (QED) is 0.901. The highest BCUT2D eigenvalue weighted by molar-refractivity contribution is 5.60. The Morgan fingerprint density at radius 3 is 2.91 bits per heavy atom. The molecule has 1 fully saturated rings. The summed E-state index contributed by atoms with van der Waals surface area (Å²) in [6.45, 7) is 5.57. The van der Waals surface area contributed by atoms with Gasteiger partial charge in [-0.2, -0.15) is 10.1 Å². The van der Waals surface area contributed by atoms with Crippen molar-refractivity contribution in [3.8, 4) is 0 Å². The Morgan fingerprint density at radius 1 is 1.36 bits per heavy atom. The van der Waals surface area contributed by atoms with E-state index in [1.165, 1.54) is 0 Å². The van der Waals surface area contributed by atoms with Crippen LogP contribution in [-0.2, 0) is 11.8 Å². The van der Waals surface area contributed by atoms with Crippen LogP contribution < -0.4 is 10.6 Å². The maximum absolute atomic E-state index is 5.48. The van der Waals surface area contributed by atoms with Crippen LogP contribution in [0.2, 0.25) is 0 Å². The summed E-state index contributed by atoms with van der Waals surface area (Å²) >= 11 is 0. The van der Waals surface area contributed by atoms with Crippen molar-refractivity contribution < 1.29 is 4.74 Å². The van der Waals surface area contributed by atoms with Gasteiger partial charge in [0.1, 0.15) is 5.82 Å². The summed E-state index contributed by atoms with van der Waals surface area (Å²) in [5.74, 6) is 1.38. The second kappa shape index (κ2) is 6.31. The average Bonchev–Trinajstić information content (AvgIpc) is 2.75. The molecule has 0 aliphatic carbocycles. The fourth-order valence-corrected chi connectivity index (χ4v) is 2.63. The number of hydrogen-bond donors (Lipinski definition) is 2. The third-order valence-corrected chi connectivity index (χ3v) is 3.91. The van der Waals surface area contributed by atoms with Crippen molar-refractivity contribution in [3.63, 3.8) is 0 Å². The summed E-state index contributed by atoms with van der Waals surface area (Å²) in [6.07, 6.45) is 3.94.